The van der Waals surface area contributed by atoms with Crippen molar-refractivity contribution in [2.24, 2.45) is 0 Å². The van der Waals surface area contributed by atoms with Gasteiger partial charge in [0.1, 0.15) is 6.04 Å². The molecule has 6 heteroatoms. The molecular formula is C29H32Cl2N2O2. The molecule has 0 aromatic heterocycles. The van der Waals surface area contributed by atoms with Crippen LogP contribution in [0.25, 0.3) is 0 Å². The Labute approximate surface area is 218 Å². The first-order valence-corrected chi connectivity index (χ1v) is 12.7. The summed E-state index contributed by atoms with van der Waals surface area (Å²) < 4.78 is 0. The summed E-state index contributed by atoms with van der Waals surface area (Å²) in [5.74, 6) is -0.421. The van der Waals surface area contributed by atoms with E-state index in [1.54, 1.807) is 24.0 Å². The van der Waals surface area contributed by atoms with E-state index in [1.807, 2.05) is 80.6 Å². The summed E-state index contributed by atoms with van der Waals surface area (Å²) in [6.07, 6.45) is 1.04. The summed E-state index contributed by atoms with van der Waals surface area (Å²) in [6.45, 7) is 5.99. The van der Waals surface area contributed by atoms with Gasteiger partial charge in [-0.1, -0.05) is 96.9 Å². The summed E-state index contributed by atoms with van der Waals surface area (Å²) in [5.41, 5.74) is 2.92. The Bertz CT molecular complexity index is 1080. The second-order valence-corrected chi connectivity index (χ2v) is 9.66. The zero-order valence-electron chi connectivity index (χ0n) is 20.4. The van der Waals surface area contributed by atoms with Crippen molar-refractivity contribution in [3.05, 3.63) is 106 Å². The maximum atomic E-state index is 13.8. The molecule has 0 fully saturated rings. The molecule has 0 saturated carbocycles. The van der Waals surface area contributed by atoms with Gasteiger partial charge in [-0.2, -0.15) is 0 Å². The maximum absolute atomic E-state index is 13.8. The molecule has 3 aromatic rings. The topological polar surface area (TPSA) is 49.4 Å². The van der Waals surface area contributed by atoms with Gasteiger partial charge in [0, 0.05) is 24.9 Å². The zero-order chi connectivity index (χ0) is 25.4. The number of benzene rings is 3. The monoisotopic (exact) mass is 510 g/mol. The molecule has 0 saturated heterocycles. The third-order valence-corrected chi connectivity index (χ3v) is 7.03. The standard InChI is InChI=1S/C29H32Cl2N2O2/c1-4-20(2)32-29(35)21(3)33(19-22-15-16-26(30)27(31)17-22)28(34)18-25(23-11-7-5-8-12-23)24-13-9-6-10-14-24/h5-17,20-21,25H,4,18-19H2,1-3H3,(H,32,35)/t20-,21+/m1/s1. The zero-order valence-corrected chi connectivity index (χ0v) is 21.9. The number of nitrogens with zero attached hydrogens (tertiary/aromatic N) is 1. The van der Waals surface area contributed by atoms with Crippen LogP contribution in [0, 0.1) is 0 Å². The van der Waals surface area contributed by atoms with Crippen molar-refractivity contribution in [3.63, 3.8) is 0 Å². The molecule has 0 spiro atoms. The van der Waals surface area contributed by atoms with Gasteiger partial charge in [-0.3, -0.25) is 9.59 Å². The average Bonchev–Trinajstić information content (AvgIpc) is 2.88. The minimum atomic E-state index is -0.654. The molecule has 2 amide bonds. The average molecular weight is 511 g/mol. The number of carbonyl (C=O) groups excluding carboxylic acids is 2. The molecule has 0 unspecified atom stereocenters. The van der Waals surface area contributed by atoms with Gasteiger partial charge in [0.05, 0.1) is 10.0 Å². The molecular weight excluding hydrogens is 479 g/mol. The summed E-state index contributed by atoms with van der Waals surface area (Å²) >= 11 is 12.3. The van der Waals surface area contributed by atoms with Crippen molar-refractivity contribution in [1.29, 1.82) is 0 Å². The van der Waals surface area contributed by atoms with Crippen molar-refractivity contribution < 1.29 is 9.59 Å². The quantitative estimate of drug-likeness (QED) is 0.324. The van der Waals surface area contributed by atoms with E-state index >= 15 is 0 Å². The van der Waals surface area contributed by atoms with E-state index in [0.29, 0.717) is 10.0 Å². The highest BCUT2D eigenvalue weighted by Crippen LogP contribution is 2.30. The van der Waals surface area contributed by atoms with Gasteiger partial charge in [-0.25, -0.2) is 0 Å². The second kappa shape index (κ2) is 12.8. The largest absolute Gasteiger partial charge is 0.352 e. The summed E-state index contributed by atoms with van der Waals surface area (Å²) in [7, 11) is 0. The van der Waals surface area contributed by atoms with E-state index in [0.717, 1.165) is 23.1 Å². The van der Waals surface area contributed by atoms with Crippen molar-refractivity contribution in [1.82, 2.24) is 10.2 Å². The predicted octanol–water partition coefficient (Wildman–Crippen LogP) is 6.85. The van der Waals surface area contributed by atoms with Crippen LogP contribution in [0.2, 0.25) is 10.0 Å². The van der Waals surface area contributed by atoms with Crippen LogP contribution >= 0.6 is 23.2 Å². The van der Waals surface area contributed by atoms with Crippen LogP contribution in [-0.2, 0) is 16.1 Å². The maximum Gasteiger partial charge on any atom is 0.242 e. The SMILES string of the molecule is CC[C@@H](C)NC(=O)[C@H](C)N(Cc1ccc(Cl)c(Cl)c1)C(=O)CC(c1ccccc1)c1ccccc1. The molecule has 0 aliphatic rings. The lowest BCUT2D eigenvalue weighted by molar-refractivity contribution is -0.141. The van der Waals surface area contributed by atoms with Gasteiger partial charge in [0.15, 0.2) is 0 Å². The molecule has 3 rings (SSSR count). The molecule has 184 valence electrons. The molecule has 0 radical (unpaired) electrons. The van der Waals surface area contributed by atoms with Crippen molar-refractivity contribution in [3.8, 4) is 0 Å². The van der Waals surface area contributed by atoms with Crippen LogP contribution in [0.1, 0.15) is 56.2 Å². The molecule has 0 heterocycles. The Morgan fingerprint density at radius 3 is 1.94 bits per heavy atom. The highest BCUT2D eigenvalue weighted by atomic mass is 35.5. The van der Waals surface area contributed by atoms with Crippen LogP contribution in [0.4, 0.5) is 0 Å². The highest BCUT2D eigenvalue weighted by Gasteiger charge is 2.29. The molecule has 2 atom stereocenters. The van der Waals surface area contributed by atoms with Crippen LogP contribution in [0.5, 0.6) is 0 Å². The lowest BCUT2D eigenvalue weighted by Gasteiger charge is -2.31. The number of nitrogens with one attached hydrogen (secondary N) is 1. The summed E-state index contributed by atoms with van der Waals surface area (Å²) in [5, 5.41) is 3.87. The van der Waals surface area contributed by atoms with E-state index in [-0.39, 0.29) is 36.7 Å². The number of carbonyl (C=O) groups is 2. The van der Waals surface area contributed by atoms with E-state index in [4.69, 9.17) is 23.2 Å². The van der Waals surface area contributed by atoms with Gasteiger partial charge in [0.25, 0.3) is 0 Å². The molecule has 0 aliphatic heterocycles. The number of halogens is 2. The van der Waals surface area contributed by atoms with Gasteiger partial charge in [-0.15, -0.1) is 0 Å². The van der Waals surface area contributed by atoms with E-state index in [2.05, 4.69) is 5.32 Å². The Kier molecular flexibility index (Phi) is 9.76. The first kappa shape index (κ1) is 26.8. The molecule has 1 N–H and O–H groups in total. The van der Waals surface area contributed by atoms with E-state index in [1.165, 1.54) is 0 Å². The van der Waals surface area contributed by atoms with Crippen LogP contribution < -0.4 is 5.32 Å². The molecule has 4 nitrogen and oxygen atoms in total. The summed E-state index contributed by atoms with van der Waals surface area (Å²) in [4.78, 5) is 28.5. The van der Waals surface area contributed by atoms with Gasteiger partial charge >= 0.3 is 0 Å². The second-order valence-electron chi connectivity index (χ2n) is 8.84. The van der Waals surface area contributed by atoms with E-state index < -0.39 is 6.04 Å². The van der Waals surface area contributed by atoms with Crippen molar-refractivity contribution in [2.75, 3.05) is 0 Å². The predicted molar refractivity (Wildman–Crippen MR) is 144 cm³/mol. The lowest BCUT2D eigenvalue weighted by Crippen LogP contribution is -2.49. The fourth-order valence-corrected chi connectivity index (χ4v) is 4.29. The minimum Gasteiger partial charge on any atom is -0.352 e. The van der Waals surface area contributed by atoms with Gasteiger partial charge in [-0.05, 0) is 49.1 Å². The van der Waals surface area contributed by atoms with Crippen LogP contribution in [-0.4, -0.2) is 28.8 Å². The fraction of sp³-hybridized carbons (Fsp3) is 0.310. The van der Waals surface area contributed by atoms with Crippen molar-refractivity contribution in [2.45, 2.75) is 58.2 Å². The van der Waals surface area contributed by atoms with Gasteiger partial charge in [0.2, 0.25) is 11.8 Å². The molecule has 35 heavy (non-hydrogen) atoms. The highest BCUT2D eigenvalue weighted by molar-refractivity contribution is 6.42. The van der Waals surface area contributed by atoms with Gasteiger partial charge < -0.3 is 10.2 Å². The van der Waals surface area contributed by atoms with Crippen LogP contribution in [0.15, 0.2) is 78.9 Å². The third kappa shape index (κ3) is 7.33. The normalized spacial score (nSPS) is 12.7. The van der Waals surface area contributed by atoms with Crippen molar-refractivity contribution >= 4 is 35.0 Å². The van der Waals surface area contributed by atoms with Crippen LogP contribution in [0.3, 0.4) is 0 Å². The number of rotatable bonds is 10. The number of hydrogen-bond donors (Lipinski definition) is 1. The Hall–Kier alpha value is -2.82. The number of hydrogen-bond acceptors (Lipinski definition) is 2. The first-order valence-electron chi connectivity index (χ1n) is 11.9. The molecule has 0 aliphatic carbocycles. The third-order valence-electron chi connectivity index (χ3n) is 6.29. The van der Waals surface area contributed by atoms with E-state index in [9.17, 15) is 9.59 Å². The fourth-order valence-electron chi connectivity index (χ4n) is 3.97. The minimum absolute atomic E-state index is 0.0215. The number of amides is 2. The lowest BCUT2D eigenvalue weighted by atomic mass is 9.88. The Morgan fingerprint density at radius 1 is 0.857 bits per heavy atom. The first-order chi connectivity index (χ1) is 16.8. The summed E-state index contributed by atoms with van der Waals surface area (Å²) in [6, 6.07) is 24.6. The molecule has 0 bridgehead atoms. The Morgan fingerprint density at radius 2 is 1.43 bits per heavy atom. The molecule has 3 aromatic carbocycles. The Balaban J connectivity index is 1.92. The smallest absolute Gasteiger partial charge is 0.242 e.